The van der Waals surface area contributed by atoms with Crippen molar-refractivity contribution in [3.63, 3.8) is 0 Å². The van der Waals surface area contributed by atoms with E-state index in [1.165, 1.54) is 12.1 Å². The molecule has 0 saturated heterocycles. The molecule has 0 aromatic heterocycles. The maximum Gasteiger partial charge on any atom is 0.201 e. The lowest BCUT2D eigenvalue weighted by atomic mass is 9.79. The summed E-state index contributed by atoms with van der Waals surface area (Å²) in [5.41, 5.74) is 1.16. The molecule has 3 aromatic carbocycles. The molecular formula is C30H30F4O2. The molecule has 0 N–H and O–H groups in total. The van der Waals surface area contributed by atoms with Crippen LogP contribution in [0.25, 0.3) is 11.1 Å². The van der Waals surface area contributed by atoms with Gasteiger partial charge in [-0.15, -0.1) is 6.58 Å². The van der Waals surface area contributed by atoms with E-state index in [-0.39, 0.29) is 36.0 Å². The molecule has 0 aliphatic heterocycles. The van der Waals surface area contributed by atoms with E-state index in [1.807, 2.05) is 0 Å². The zero-order chi connectivity index (χ0) is 25.7. The second-order valence-electron chi connectivity index (χ2n) is 9.38. The van der Waals surface area contributed by atoms with Gasteiger partial charge in [-0.3, -0.25) is 0 Å². The maximum absolute atomic E-state index is 15.0. The summed E-state index contributed by atoms with van der Waals surface area (Å²) >= 11 is 0. The molecule has 3 aromatic rings. The fourth-order valence-corrected chi connectivity index (χ4v) is 4.61. The van der Waals surface area contributed by atoms with Crippen molar-refractivity contribution in [2.75, 3.05) is 6.61 Å². The van der Waals surface area contributed by atoms with Gasteiger partial charge in [0.05, 0.1) is 6.61 Å². The van der Waals surface area contributed by atoms with Crippen molar-refractivity contribution in [3.05, 3.63) is 95.6 Å². The lowest BCUT2D eigenvalue weighted by molar-refractivity contribution is 0.285. The first-order valence-corrected chi connectivity index (χ1v) is 12.3. The fraction of sp³-hybridized carbons (Fsp3) is 0.333. The smallest absolute Gasteiger partial charge is 0.201 e. The summed E-state index contributed by atoms with van der Waals surface area (Å²) in [6.45, 7) is 5.75. The predicted molar refractivity (Wildman–Crippen MR) is 133 cm³/mol. The Hall–Kier alpha value is -3.28. The molecule has 0 radical (unpaired) electrons. The van der Waals surface area contributed by atoms with E-state index < -0.39 is 23.3 Å². The van der Waals surface area contributed by atoms with Gasteiger partial charge in [0.2, 0.25) is 5.82 Å². The van der Waals surface area contributed by atoms with Crippen molar-refractivity contribution in [3.8, 4) is 22.6 Å². The molecule has 190 valence electrons. The van der Waals surface area contributed by atoms with Crippen molar-refractivity contribution in [1.29, 1.82) is 0 Å². The Morgan fingerprint density at radius 3 is 2.22 bits per heavy atom. The van der Waals surface area contributed by atoms with Gasteiger partial charge < -0.3 is 9.47 Å². The summed E-state index contributed by atoms with van der Waals surface area (Å²) in [5, 5.41) is 0. The number of ether oxygens (including phenoxy) is 2. The third-order valence-electron chi connectivity index (χ3n) is 6.83. The molecule has 2 nitrogen and oxygen atoms in total. The van der Waals surface area contributed by atoms with Crippen LogP contribution in [0.3, 0.4) is 0 Å². The highest BCUT2D eigenvalue weighted by Crippen LogP contribution is 2.39. The molecule has 0 unspecified atom stereocenters. The summed E-state index contributed by atoms with van der Waals surface area (Å²) in [5.74, 6) is -2.83. The van der Waals surface area contributed by atoms with Gasteiger partial charge in [0.15, 0.2) is 23.2 Å². The first-order valence-electron chi connectivity index (χ1n) is 12.3. The Kier molecular flexibility index (Phi) is 8.34. The van der Waals surface area contributed by atoms with Crippen molar-refractivity contribution >= 4 is 0 Å². The van der Waals surface area contributed by atoms with Crippen LogP contribution in [0.15, 0.2) is 61.2 Å². The van der Waals surface area contributed by atoms with E-state index in [4.69, 9.17) is 9.47 Å². The molecule has 1 aliphatic carbocycles. The number of hydrogen-bond donors (Lipinski definition) is 0. The Labute approximate surface area is 209 Å². The third-order valence-corrected chi connectivity index (χ3v) is 6.83. The largest absolute Gasteiger partial charge is 0.490 e. The number of halogens is 4. The van der Waals surface area contributed by atoms with Crippen molar-refractivity contribution < 1.29 is 27.0 Å². The van der Waals surface area contributed by atoms with Crippen LogP contribution in [0.4, 0.5) is 17.6 Å². The molecule has 1 saturated carbocycles. The normalized spacial score (nSPS) is 17.6. The van der Waals surface area contributed by atoms with Crippen LogP contribution in [-0.4, -0.2) is 6.61 Å². The van der Waals surface area contributed by atoms with E-state index in [0.717, 1.165) is 25.7 Å². The molecule has 6 heteroatoms. The van der Waals surface area contributed by atoms with E-state index in [2.05, 4.69) is 13.5 Å². The molecule has 0 amide bonds. The van der Waals surface area contributed by atoms with Crippen molar-refractivity contribution in [1.82, 2.24) is 0 Å². The Balaban J connectivity index is 1.42. The standard InChI is InChI=1S/C30H30F4O2/c1-3-4-17-35-26-16-11-22(27(31)30(26)34)18-36-23-12-9-21(10-13-23)25-15-14-24(28(32)29(25)33)20-7-5-19(2)6-8-20/h3,9-16,19-20H,1,4-8,17-18H2,2H3. The van der Waals surface area contributed by atoms with Crippen LogP contribution in [0, 0.1) is 29.2 Å². The second-order valence-corrected chi connectivity index (χ2v) is 9.38. The van der Waals surface area contributed by atoms with Gasteiger partial charge in [-0.25, -0.2) is 13.2 Å². The van der Waals surface area contributed by atoms with Crippen LogP contribution in [-0.2, 0) is 6.61 Å². The quantitative estimate of drug-likeness (QED) is 0.167. The lowest BCUT2D eigenvalue weighted by Gasteiger charge is -2.27. The van der Waals surface area contributed by atoms with Gasteiger partial charge in [0.25, 0.3) is 0 Å². The van der Waals surface area contributed by atoms with Gasteiger partial charge in [0, 0.05) is 11.1 Å². The van der Waals surface area contributed by atoms with Gasteiger partial charge in [-0.05, 0) is 66.5 Å². The average molecular weight is 499 g/mol. The third kappa shape index (κ3) is 5.75. The maximum atomic E-state index is 15.0. The number of hydrogen-bond acceptors (Lipinski definition) is 2. The second kappa shape index (κ2) is 11.6. The SMILES string of the molecule is C=CCCOc1ccc(COc2ccc(-c3ccc(C4CCC(C)CC4)c(F)c3F)cc2)c(F)c1F. The number of benzene rings is 3. The zero-order valence-corrected chi connectivity index (χ0v) is 20.3. The topological polar surface area (TPSA) is 18.5 Å². The first kappa shape index (κ1) is 25.8. The van der Waals surface area contributed by atoms with E-state index >= 15 is 0 Å². The Morgan fingerprint density at radius 2 is 1.53 bits per heavy atom. The highest BCUT2D eigenvalue weighted by molar-refractivity contribution is 5.65. The molecule has 1 fully saturated rings. The van der Waals surface area contributed by atoms with Crippen LogP contribution in [0.5, 0.6) is 11.5 Å². The highest BCUT2D eigenvalue weighted by atomic mass is 19.2. The molecule has 36 heavy (non-hydrogen) atoms. The highest BCUT2D eigenvalue weighted by Gasteiger charge is 2.25. The fourth-order valence-electron chi connectivity index (χ4n) is 4.61. The first-order chi connectivity index (χ1) is 17.4. The zero-order valence-electron chi connectivity index (χ0n) is 20.3. The van der Waals surface area contributed by atoms with Crippen LogP contribution in [0.2, 0.25) is 0 Å². The minimum absolute atomic E-state index is 0.0356. The minimum atomic E-state index is -1.07. The monoisotopic (exact) mass is 498 g/mol. The molecule has 4 rings (SSSR count). The van der Waals surface area contributed by atoms with Gasteiger partial charge in [-0.1, -0.05) is 50.1 Å². The lowest BCUT2D eigenvalue weighted by Crippen LogP contribution is -2.13. The van der Waals surface area contributed by atoms with E-state index in [1.54, 1.807) is 42.5 Å². The van der Waals surface area contributed by atoms with Crippen LogP contribution < -0.4 is 9.47 Å². The Bertz CT molecular complexity index is 1200. The minimum Gasteiger partial charge on any atom is -0.490 e. The number of rotatable bonds is 9. The summed E-state index contributed by atoms with van der Waals surface area (Å²) < 4.78 is 69.3. The average Bonchev–Trinajstić information content (AvgIpc) is 2.89. The summed E-state index contributed by atoms with van der Waals surface area (Å²) in [6.07, 6.45) is 5.94. The van der Waals surface area contributed by atoms with Gasteiger partial charge in [-0.2, -0.15) is 4.39 Å². The van der Waals surface area contributed by atoms with E-state index in [9.17, 15) is 17.6 Å². The van der Waals surface area contributed by atoms with Crippen LogP contribution >= 0.6 is 0 Å². The molecule has 0 bridgehead atoms. The predicted octanol–water partition coefficient (Wildman–Crippen LogP) is 8.74. The van der Waals surface area contributed by atoms with Gasteiger partial charge in [0.1, 0.15) is 12.4 Å². The van der Waals surface area contributed by atoms with Crippen molar-refractivity contribution in [2.24, 2.45) is 5.92 Å². The van der Waals surface area contributed by atoms with Crippen LogP contribution in [0.1, 0.15) is 56.1 Å². The summed E-state index contributed by atoms with van der Waals surface area (Å²) in [6, 6.07) is 12.5. The molecular weight excluding hydrogens is 468 g/mol. The van der Waals surface area contributed by atoms with E-state index in [0.29, 0.717) is 29.2 Å². The van der Waals surface area contributed by atoms with Gasteiger partial charge >= 0.3 is 0 Å². The molecule has 0 atom stereocenters. The van der Waals surface area contributed by atoms with Crippen molar-refractivity contribution in [2.45, 2.75) is 51.6 Å². The molecule has 0 spiro atoms. The summed E-state index contributed by atoms with van der Waals surface area (Å²) in [4.78, 5) is 0. The Morgan fingerprint density at radius 1 is 0.806 bits per heavy atom. The summed E-state index contributed by atoms with van der Waals surface area (Å²) in [7, 11) is 0. The molecule has 1 aliphatic rings. The molecule has 0 heterocycles.